The van der Waals surface area contributed by atoms with Gasteiger partial charge in [-0.25, -0.2) is 0 Å². The van der Waals surface area contributed by atoms with Crippen LogP contribution in [0.1, 0.15) is 36.7 Å². The molecule has 1 aromatic rings. The minimum atomic E-state index is -0.170. The Morgan fingerprint density at radius 3 is 2.50 bits per heavy atom. The molecule has 20 heavy (non-hydrogen) atoms. The lowest BCUT2D eigenvalue weighted by Gasteiger charge is -2.27. The number of amides is 1. The van der Waals surface area contributed by atoms with Crippen molar-refractivity contribution in [2.45, 2.75) is 33.9 Å². The summed E-state index contributed by atoms with van der Waals surface area (Å²) in [5, 5.41) is 2.98. The van der Waals surface area contributed by atoms with Crippen molar-refractivity contribution in [3.63, 3.8) is 0 Å². The third-order valence-electron chi connectivity index (χ3n) is 3.45. The van der Waals surface area contributed by atoms with Crippen LogP contribution in [-0.4, -0.2) is 37.2 Å². The Kier molecular flexibility index (Phi) is 5.82. The van der Waals surface area contributed by atoms with Crippen LogP contribution in [-0.2, 0) is 0 Å². The van der Waals surface area contributed by atoms with Crippen LogP contribution < -0.4 is 15.8 Å². The first kappa shape index (κ1) is 16.3. The lowest BCUT2D eigenvalue weighted by molar-refractivity contribution is 0.0872. The highest BCUT2D eigenvalue weighted by atomic mass is 16.5. The number of hydrogen-bond acceptors (Lipinski definition) is 4. The van der Waals surface area contributed by atoms with Crippen molar-refractivity contribution in [3.8, 4) is 5.75 Å². The maximum atomic E-state index is 12.4. The van der Waals surface area contributed by atoms with Gasteiger partial charge < -0.3 is 15.8 Å². The van der Waals surface area contributed by atoms with Gasteiger partial charge in [-0.15, -0.1) is 0 Å². The third kappa shape index (κ3) is 3.63. The molecule has 112 valence electrons. The molecule has 3 N–H and O–H groups in total. The van der Waals surface area contributed by atoms with E-state index in [-0.39, 0.29) is 12.1 Å². The number of nitrogens with zero attached hydrogens (tertiary/aromatic N) is 1. The second-order valence-corrected chi connectivity index (χ2v) is 4.79. The first-order chi connectivity index (χ1) is 9.44. The second kappa shape index (κ2) is 7.14. The summed E-state index contributed by atoms with van der Waals surface area (Å²) in [6.45, 7) is 9.74. The molecule has 0 spiro atoms. The number of aryl methyl sites for hydroxylation is 1. The van der Waals surface area contributed by atoms with Crippen molar-refractivity contribution in [1.82, 2.24) is 10.2 Å². The topological polar surface area (TPSA) is 67.6 Å². The number of carbonyl (C=O) groups excluding carboxylic acids is 1. The predicted octanol–water partition coefficient (Wildman–Crippen LogP) is 2.00. The van der Waals surface area contributed by atoms with E-state index in [1.54, 1.807) is 19.2 Å². The summed E-state index contributed by atoms with van der Waals surface area (Å²) >= 11 is 0. The quantitative estimate of drug-likeness (QED) is 0.617. The fourth-order valence-electron chi connectivity index (χ4n) is 2.37. The number of ether oxygens (including phenoxy) is 1. The Balaban J connectivity index is 2.98. The predicted molar refractivity (Wildman–Crippen MR) is 82.0 cm³/mol. The van der Waals surface area contributed by atoms with E-state index in [1.165, 1.54) is 0 Å². The highest BCUT2D eigenvalue weighted by molar-refractivity contribution is 5.98. The molecule has 1 rings (SSSR count). The Labute approximate surface area is 121 Å². The van der Waals surface area contributed by atoms with E-state index >= 15 is 0 Å². The van der Waals surface area contributed by atoms with Crippen LogP contribution in [0.2, 0.25) is 0 Å². The van der Waals surface area contributed by atoms with Gasteiger partial charge in [0.25, 0.3) is 5.91 Å². The van der Waals surface area contributed by atoms with Gasteiger partial charge in [0.05, 0.1) is 18.8 Å². The van der Waals surface area contributed by atoms with E-state index in [0.717, 1.165) is 18.7 Å². The van der Waals surface area contributed by atoms with Crippen LogP contribution in [0, 0.1) is 6.92 Å². The van der Waals surface area contributed by atoms with Gasteiger partial charge in [0, 0.05) is 5.69 Å². The van der Waals surface area contributed by atoms with Crippen LogP contribution in [0.25, 0.3) is 0 Å². The van der Waals surface area contributed by atoms with Crippen LogP contribution >= 0.6 is 0 Å². The van der Waals surface area contributed by atoms with Crippen molar-refractivity contribution in [1.29, 1.82) is 0 Å². The molecule has 0 aliphatic heterocycles. The second-order valence-electron chi connectivity index (χ2n) is 4.79. The van der Waals surface area contributed by atoms with Gasteiger partial charge in [-0.05, 0) is 44.6 Å². The summed E-state index contributed by atoms with van der Waals surface area (Å²) in [5.41, 5.74) is 7.71. The Bertz CT molecular complexity index is 470. The Hall–Kier alpha value is -1.75. The molecule has 0 fully saturated rings. The molecular weight excluding hydrogens is 254 g/mol. The van der Waals surface area contributed by atoms with Crippen molar-refractivity contribution in [2.75, 3.05) is 25.9 Å². The lowest BCUT2D eigenvalue weighted by Crippen LogP contribution is -2.46. The summed E-state index contributed by atoms with van der Waals surface area (Å²) in [6, 6.07) is 3.44. The van der Waals surface area contributed by atoms with E-state index in [4.69, 9.17) is 10.5 Å². The van der Waals surface area contributed by atoms with Crippen molar-refractivity contribution in [3.05, 3.63) is 23.3 Å². The van der Waals surface area contributed by atoms with Crippen molar-refractivity contribution < 1.29 is 9.53 Å². The zero-order chi connectivity index (χ0) is 15.3. The summed E-state index contributed by atoms with van der Waals surface area (Å²) in [7, 11) is 1.56. The van der Waals surface area contributed by atoms with Crippen LogP contribution in [0.5, 0.6) is 5.75 Å². The number of rotatable bonds is 6. The number of nitrogen functional groups attached to an aromatic ring is 1. The zero-order valence-electron chi connectivity index (χ0n) is 13.0. The van der Waals surface area contributed by atoms with Gasteiger partial charge in [-0.2, -0.15) is 0 Å². The average molecular weight is 279 g/mol. The van der Waals surface area contributed by atoms with Gasteiger partial charge >= 0.3 is 0 Å². The monoisotopic (exact) mass is 279 g/mol. The number of methoxy groups -OCH3 is 1. The molecule has 1 atom stereocenters. The molecule has 5 nitrogen and oxygen atoms in total. The Morgan fingerprint density at radius 1 is 1.40 bits per heavy atom. The number of carbonyl (C=O) groups is 1. The first-order valence-corrected chi connectivity index (χ1v) is 6.93. The smallest absolute Gasteiger partial charge is 0.256 e. The molecule has 0 saturated heterocycles. The molecule has 1 amide bonds. The molecule has 1 unspecified atom stereocenters. The summed E-state index contributed by atoms with van der Waals surface area (Å²) < 4.78 is 5.32. The van der Waals surface area contributed by atoms with Crippen LogP contribution in [0.15, 0.2) is 12.1 Å². The van der Waals surface area contributed by atoms with E-state index in [2.05, 4.69) is 24.1 Å². The molecule has 0 aliphatic carbocycles. The van der Waals surface area contributed by atoms with E-state index in [0.29, 0.717) is 17.0 Å². The van der Waals surface area contributed by atoms with E-state index in [9.17, 15) is 4.79 Å². The van der Waals surface area contributed by atoms with Crippen molar-refractivity contribution >= 4 is 11.6 Å². The first-order valence-electron chi connectivity index (χ1n) is 6.93. The minimum Gasteiger partial charge on any atom is -0.496 e. The molecule has 0 bridgehead atoms. The number of nitrogens with two attached hydrogens (primary N) is 1. The van der Waals surface area contributed by atoms with E-state index in [1.807, 2.05) is 13.8 Å². The lowest BCUT2D eigenvalue weighted by atomic mass is 10.1. The maximum Gasteiger partial charge on any atom is 0.256 e. The van der Waals surface area contributed by atoms with Crippen LogP contribution in [0.4, 0.5) is 5.69 Å². The van der Waals surface area contributed by atoms with Gasteiger partial charge in [0.2, 0.25) is 0 Å². The summed E-state index contributed by atoms with van der Waals surface area (Å²) in [6.07, 6.45) is -0.0380. The highest BCUT2D eigenvalue weighted by Gasteiger charge is 2.19. The van der Waals surface area contributed by atoms with Crippen molar-refractivity contribution in [2.24, 2.45) is 0 Å². The van der Waals surface area contributed by atoms with Gasteiger partial charge in [-0.3, -0.25) is 9.69 Å². The summed E-state index contributed by atoms with van der Waals surface area (Å²) in [5.74, 6) is 0.403. The third-order valence-corrected chi connectivity index (χ3v) is 3.45. The molecule has 5 heteroatoms. The van der Waals surface area contributed by atoms with Crippen LogP contribution in [0.3, 0.4) is 0 Å². The average Bonchev–Trinajstić information content (AvgIpc) is 2.39. The number of anilines is 1. The molecule has 0 radical (unpaired) electrons. The number of nitrogens with one attached hydrogen (secondary N) is 1. The SMILES string of the molecule is CCN(CC)C(C)NC(=O)c1cc(N)cc(C)c1OC. The van der Waals surface area contributed by atoms with Gasteiger partial charge in [-0.1, -0.05) is 13.8 Å². The summed E-state index contributed by atoms with van der Waals surface area (Å²) in [4.78, 5) is 14.6. The molecule has 0 heterocycles. The van der Waals surface area contributed by atoms with Gasteiger partial charge in [0.15, 0.2) is 0 Å². The number of benzene rings is 1. The Morgan fingerprint density at radius 2 is 2.00 bits per heavy atom. The maximum absolute atomic E-state index is 12.4. The molecule has 0 saturated carbocycles. The molecule has 1 aromatic carbocycles. The van der Waals surface area contributed by atoms with Gasteiger partial charge in [0.1, 0.15) is 5.75 Å². The molecule has 0 aromatic heterocycles. The molecule has 0 aliphatic rings. The fraction of sp³-hybridized carbons (Fsp3) is 0.533. The molecular formula is C15H25N3O2. The zero-order valence-corrected chi connectivity index (χ0v) is 13.0. The van der Waals surface area contributed by atoms with E-state index < -0.39 is 0 Å². The highest BCUT2D eigenvalue weighted by Crippen LogP contribution is 2.26. The minimum absolute atomic E-state index is 0.0380. The standard InChI is InChI=1S/C15H25N3O2/c1-6-18(7-2)11(4)17-15(19)13-9-12(16)8-10(3)14(13)20-5/h8-9,11H,6-7,16H2,1-5H3,(H,17,19). The largest absolute Gasteiger partial charge is 0.496 e. The normalized spacial score (nSPS) is 12.3. The fourth-order valence-corrected chi connectivity index (χ4v) is 2.37. The number of hydrogen-bond donors (Lipinski definition) is 2.